The van der Waals surface area contributed by atoms with Crippen molar-refractivity contribution >= 4 is 33.7 Å². The summed E-state index contributed by atoms with van der Waals surface area (Å²) >= 11 is 0. The number of rotatable bonds is 4. The molecule has 0 saturated heterocycles. The van der Waals surface area contributed by atoms with Gasteiger partial charge in [0.25, 0.3) is 0 Å². The molecule has 5 heteroatoms. The van der Waals surface area contributed by atoms with E-state index in [-0.39, 0.29) is 12.1 Å². The van der Waals surface area contributed by atoms with Crippen LogP contribution >= 0.6 is 0 Å². The molecule has 0 bridgehead atoms. The molecule has 7 rings (SSSR count). The highest BCUT2D eigenvalue weighted by Gasteiger charge is 2.27. The zero-order valence-electron chi connectivity index (χ0n) is 18.9. The third-order valence-electron chi connectivity index (χ3n) is 6.66. The van der Waals surface area contributed by atoms with Crippen molar-refractivity contribution in [3.8, 4) is 0 Å². The van der Waals surface area contributed by atoms with E-state index in [2.05, 4.69) is 36.4 Å². The minimum atomic E-state index is -0.0161. The molecule has 0 N–H and O–H groups in total. The Bertz CT molecular complexity index is 1480. The van der Waals surface area contributed by atoms with E-state index < -0.39 is 0 Å². The Morgan fingerprint density at radius 3 is 1.43 bits per heavy atom. The fourth-order valence-corrected chi connectivity index (χ4v) is 4.89. The first-order valence-electron chi connectivity index (χ1n) is 11.8. The molecule has 0 spiro atoms. The lowest BCUT2D eigenvalue weighted by Gasteiger charge is -2.03. The highest BCUT2D eigenvalue weighted by molar-refractivity contribution is 6.17. The fraction of sp³-hybridized carbons (Fsp3) is 0.133. The summed E-state index contributed by atoms with van der Waals surface area (Å²) in [5.74, 6) is 1.23. The Labute approximate surface area is 202 Å². The summed E-state index contributed by atoms with van der Waals surface area (Å²) in [6, 6.07) is 32.6. The number of hydrogen-bond donors (Lipinski definition) is 0. The van der Waals surface area contributed by atoms with Crippen molar-refractivity contribution in [1.29, 1.82) is 0 Å². The normalized spacial score (nSPS) is 19.4. The lowest BCUT2D eigenvalue weighted by atomic mass is 10.1. The molecular weight excluding hydrogens is 436 g/mol. The number of nitrogens with zero attached hydrogens (tertiary/aromatic N) is 2. The van der Waals surface area contributed by atoms with E-state index in [0.29, 0.717) is 25.0 Å². The predicted octanol–water partition coefficient (Wildman–Crippen LogP) is 6.62. The molecule has 170 valence electrons. The Hall–Kier alpha value is -4.38. The van der Waals surface area contributed by atoms with Gasteiger partial charge in [-0.2, -0.15) is 0 Å². The van der Waals surface area contributed by atoms with E-state index in [0.717, 1.165) is 44.2 Å². The predicted molar refractivity (Wildman–Crippen MR) is 137 cm³/mol. The maximum Gasteiger partial charge on any atom is 0.220 e. The number of ether oxygens (including phenoxy) is 2. The van der Waals surface area contributed by atoms with Crippen LogP contribution in [0.4, 0.5) is 0 Å². The molecule has 0 aliphatic carbocycles. The van der Waals surface area contributed by atoms with Crippen molar-refractivity contribution in [1.82, 2.24) is 0 Å². The molecule has 0 radical (unpaired) electrons. The number of benzene rings is 4. The average molecular weight is 459 g/mol. The quantitative estimate of drug-likeness (QED) is 0.304. The zero-order chi connectivity index (χ0) is 23.2. The average Bonchev–Trinajstić information content (AvgIpc) is 3.68. The minimum Gasteiger partial charge on any atom is -0.475 e. The fourth-order valence-electron chi connectivity index (χ4n) is 4.89. The van der Waals surface area contributed by atoms with E-state index in [1.54, 1.807) is 0 Å². The van der Waals surface area contributed by atoms with Crippen molar-refractivity contribution < 1.29 is 13.9 Å². The van der Waals surface area contributed by atoms with Crippen molar-refractivity contribution in [3.05, 3.63) is 119 Å². The van der Waals surface area contributed by atoms with Crippen LogP contribution in [0.5, 0.6) is 0 Å². The Balaban J connectivity index is 1.31. The van der Waals surface area contributed by atoms with Crippen LogP contribution in [0.1, 0.15) is 34.3 Å². The summed E-state index contributed by atoms with van der Waals surface area (Å²) < 4.78 is 18.6. The minimum absolute atomic E-state index is 0.0161. The summed E-state index contributed by atoms with van der Waals surface area (Å²) in [7, 11) is 0. The zero-order valence-corrected chi connectivity index (χ0v) is 18.9. The largest absolute Gasteiger partial charge is 0.475 e. The first-order valence-corrected chi connectivity index (χ1v) is 11.8. The van der Waals surface area contributed by atoms with Gasteiger partial charge in [0.2, 0.25) is 11.8 Å². The first-order chi connectivity index (χ1) is 17.3. The molecule has 5 nitrogen and oxygen atoms in total. The summed E-state index contributed by atoms with van der Waals surface area (Å²) in [4.78, 5) is 9.76. The summed E-state index contributed by atoms with van der Waals surface area (Å²) in [6.07, 6.45) is 0. The van der Waals surface area contributed by atoms with Crippen LogP contribution in [0.15, 0.2) is 111 Å². The third-order valence-corrected chi connectivity index (χ3v) is 6.66. The van der Waals surface area contributed by atoms with Gasteiger partial charge in [-0.05, 0) is 23.3 Å². The van der Waals surface area contributed by atoms with Gasteiger partial charge in [0.15, 0.2) is 0 Å². The molecule has 2 aliphatic rings. The molecule has 0 amide bonds. The van der Waals surface area contributed by atoms with Gasteiger partial charge in [0.05, 0.1) is 11.1 Å². The number of para-hydroxylation sites is 2. The standard InChI is InChI=1S/C30H22N2O3/c1-3-9-19(10-4-1)25-17-33-29(31-25)23-15-7-13-21-22-14-8-16-24(28(22)35-27(21)23)30-32-26(18-34-30)20-11-5-2-6-12-20/h1-16,25-26H,17-18H2/t25-,26-/m1/s1. The lowest BCUT2D eigenvalue weighted by molar-refractivity contribution is 0.319. The molecule has 1 aromatic heterocycles. The number of hydrogen-bond acceptors (Lipinski definition) is 5. The second-order valence-electron chi connectivity index (χ2n) is 8.81. The van der Waals surface area contributed by atoms with Gasteiger partial charge in [-0.1, -0.05) is 84.9 Å². The van der Waals surface area contributed by atoms with Crippen LogP contribution in [0.3, 0.4) is 0 Å². The van der Waals surface area contributed by atoms with E-state index >= 15 is 0 Å². The molecular formula is C30H22N2O3. The smallest absolute Gasteiger partial charge is 0.220 e. The molecule has 35 heavy (non-hydrogen) atoms. The van der Waals surface area contributed by atoms with Gasteiger partial charge in [-0.3, -0.25) is 0 Å². The molecule has 0 unspecified atom stereocenters. The van der Waals surface area contributed by atoms with Crippen LogP contribution in [0.25, 0.3) is 21.9 Å². The molecule has 5 aromatic rings. The SMILES string of the molecule is c1ccc([C@H]2COC(c3cccc4c3oc3c(C5=N[C@@H](c6ccccc6)CO5)cccc34)=N2)cc1. The van der Waals surface area contributed by atoms with Crippen molar-refractivity contribution in [2.75, 3.05) is 13.2 Å². The van der Waals surface area contributed by atoms with Crippen LogP contribution < -0.4 is 0 Å². The Morgan fingerprint density at radius 1 is 0.514 bits per heavy atom. The van der Waals surface area contributed by atoms with E-state index in [9.17, 15) is 0 Å². The molecule has 2 atom stereocenters. The molecule has 0 fully saturated rings. The maximum absolute atomic E-state index is 6.50. The Kier molecular flexibility index (Phi) is 4.65. The van der Waals surface area contributed by atoms with E-state index in [4.69, 9.17) is 23.9 Å². The van der Waals surface area contributed by atoms with Crippen molar-refractivity contribution in [3.63, 3.8) is 0 Å². The molecule has 4 aromatic carbocycles. The van der Waals surface area contributed by atoms with Crippen molar-refractivity contribution in [2.45, 2.75) is 12.1 Å². The van der Waals surface area contributed by atoms with Gasteiger partial charge in [-0.25, -0.2) is 9.98 Å². The topological polar surface area (TPSA) is 56.3 Å². The number of aliphatic imine (C=N–C) groups is 2. The highest BCUT2D eigenvalue weighted by Crippen LogP contribution is 2.36. The van der Waals surface area contributed by atoms with Crippen LogP contribution in [-0.4, -0.2) is 25.0 Å². The van der Waals surface area contributed by atoms with Crippen molar-refractivity contribution in [2.24, 2.45) is 9.98 Å². The maximum atomic E-state index is 6.50. The van der Waals surface area contributed by atoms with Crippen LogP contribution in [0, 0.1) is 0 Å². The third kappa shape index (κ3) is 3.39. The molecule has 3 heterocycles. The molecule has 2 aliphatic heterocycles. The lowest BCUT2D eigenvalue weighted by Crippen LogP contribution is -2.02. The second kappa shape index (κ2) is 8.13. The monoisotopic (exact) mass is 458 g/mol. The van der Waals surface area contributed by atoms with Gasteiger partial charge in [-0.15, -0.1) is 0 Å². The van der Waals surface area contributed by atoms with Gasteiger partial charge in [0, 0.05) is 10.8 Å². The van der Waals surface area contributed by atoms with Gasteiger partial charge < -0.3 is 13.9 Å². The Morgan fingerprint density at radius 2 is 0.971 bits per heavy atom. The highest BCUT2D eigenvalue weighted by atomic mass is 16.5. The summed E-state index contributed by atoms with van der Waals surface area (Å²) in [6.45, 7) is 1.04. The number of fused-ring (bicyclic) bond motifs is 3. The van der Waals surface area contributed by atoms with Gasteiger partial charge >= 0.3 is 0 Å². The van der Waals surface area contributed by atoms with Crippen LogP contribution in [-0.2, 0) is 9.47 Å². The second-order valence-corrected chi connectivity index (χ2v) is 8.81. The first kappa shape index (κ1) is 20.0. The number of furan rings is 1. The summed E-state index contributed by atoms with van der Waals surface area (Å²) in [5.41, 5.74) is 5.54. The summed E-state index contributed by atoms with van der Waals surface area (Å²) in [5, 5.41) is 2.04. The molecule has 0 saturated carbocycles. The van der Waals surface area contributed by atoms with E-state index in [1.165, 1.54) is 0 Å². The van der Waals surface area contributed by atoms with Gasteiger partial charge in [0.1, 0.15) is 36.5 Å². The van der Waals surface area contributed by atoms with Crippen LogP contribution in [0.2, 0.25) is 0 Å². The van der Waals surface area contributed by atoms with E-state index in [1.807, 2.05) is 60.7 Å².